The van der Waals surface area contributed by atoms with Gasteiger partial charge in [-0.05, 0) is 43.0 Å². The number of aryl methyl sites for hydroxylation is 1. The van der Waals surface area contributed by atoms with Crippen LogP contribution < -0.4 is 10.6 Å². The Morgan fingerprint density at radius 2 is 1.45 bits per heavy atom. The second kappa shape index (κ2) is 10.2. The van der Waals surface area contributed by atoms with Crippen LogP contribution in [0.2, 0.25) is 0 Å². The van der Waals surface area contributed by atoms with E-state index in [0.29, 0.717) is 17.7 Å². The molecule has 0 aliphatic rings. The van der Waals surface area contributed by atoms with Gasteiger partial charge in [0.15, 0.2) is 0 Å². The first kappa shape index (κ1) is 20.3. The Bertz CT molecular complexity index is 939. The van der Waals surface area contributed by atoms with Gasteiger partial charge in [-0.25, -0.2) is 0 Å². The topological polar surface area (TPSA) is 58.2 Å². The number of benzene rings is 3. The number of carbonyl (C=O) groups is 2. The molecule has 0 spiro atoms. The summed E-state index contributed by atoms with van der Waals surface area (Å²) in [6, 6.07) is 26.9. The number of para-hydroxylation sites is 1. The van der Waals surface area contributed by atoms with Crippen LogP contribution in [0, 0.1) is 0 Å². The lowest BCUT2D eigenvalue weighted by atomic mass is 10.1. The molecule has 3 aromatic rings. The van der Waals surface area contributed by atoms with Gasteiger partial charge in [0.05, 0.1) is 17.3 Å². The van der Waals surface area contributed by atoms with E-state index in [2.05, 4.69) is 22.8 Å². The zero-order valence-corrected chi connectivity index (χ0v) is 16.6. The second-order valence-corrected chi connectivity index (χ2v) is 7.04. The third-order valence-electron chi connectivity index (χ3n) is 4.81. The Morgan fingerprint density at radius 3 is 2.17 bits per heavy atom. The monoisotopic (exact) mass is 386 g/mol. The van der Waals surface area contributed by atoms with Gasteiger partial charge < -0.3 is 10.6 Å². The predicted molar refractivity (Wildman–Crippen MR) is 117 cm³/mol. The highest BCUT2D eigenvalue weighted by atomic mass is 16.2. The quantitative estimate of drug-likeness (QED) is 0.563. The molecule has 0 saturated heterocycles. The summed E-state index contributed by atoms with van der Waals surface area (Å²) in [5.41, 5.74) is 3.25. The molecule has 148 valence electrons. The molecule has 2 N–H and O–H groups in total. The molecule has 0 fully saturated rings. The zero-order valence-electron chi connectivity index (χ0n) is 16.6. The van der Waals surface area contributed by atoms with E-state index in [4.69, 9.17) is 0 Å². The fraction of sp³-hybridized carbons (Fsp3) is 0.200. The van der Waals surface area contributed by atoms with Crippen molar-refractivity contribution in [2.75, 3.05) is 5.32 Å². The van der Waals surface area contributed by atoms with E-state index in [1.165, 1.54) is 5.56 Å². The predicted octanol–water partition coefficient (Wildman–Crippen LogP) is 5.14. The molecule has 29 heavy (non-hydrogen) atoms. The van der Waals surface area contributed by atoms with Crippen LogP contribution >= 0.6 is 0 Å². The lowest BCUT2D eigenvalue weighted by molar-refractivity contribution is -0.116. The molecule has 4 nitrogen and oxygen atoms in total. The molecule has 1 unspecified atom stereocenters. The van der Waals surface area contributed by atoms with Crippen LogP contribution in [0.1, 0.15) is 47.3 Å². The van der Waals surface area contributed by atoms with Crippen LogP contribution in [0.5, 0.6) is 0 Å². The summed E-state index contributed by atoms with van der Waals surface area (Å²) in [7, 11) is 0. The number of amides is 2. The highest BCUT2D eigenvalue weighted by Gasteiger charge is 2.15. The highest BCUT2D eigenvalue weighted by molar-refractivity contribution is 6.03. The van der Waals surface area contributed by atoms with Crippen molar-refractivity contribution < 1.29 is 9.59 Å². The lowest BCUT2D eigenvalue weighted by Crippen LogP contribution is -2.28. The average molecular weight is 386 g/mol. The van der Waals surface area contributed by atoms with Gasteiger partial charge in [0, 0.05) is 6.42 Å². The van der Waals surface area contributed by atoms with Crippen molar-refractivity contribution in [3.8, 4) is 0 Å². The minimum absolute atomic E-state index is 0.0858. The van der Waals surface area contributed by atoms with Gasteiger partial charge >= 0.3 is 0 Å². The Morgan fingerprint density at radius 1 is 0.828 bits per heavy atom. The minimum Gasteiger partial charge on any atom is -0.345 e. The number of carbonyl (C=O) groups excluding carboxylic acids is 2. The first-order valence-electron chi connectivity index (χ1n) is 9.92. The summed E-state index contributed by atoms with van der Waals surface area (Å²) in [5, 5.41) is 5.89. The third-order valence-corrected chi connectivity index (χ3v) is 4.81. The number of hydrogen-bond donors (Lipinski definition) is 2. The SMILES string of the molecule is CC(NC(=O)c1ccccc1NC(=O)CCCc1ccccc1)c1ccccc1. The van der Waals surface area contributed by atoms with E-state index in [1.54, 1.807) is 18.2 Å². The van der Waals surface area contributed by atoms with Crippen molar-refractivity contribution in [1.29, 1.82) is 0 Å². The van der Waals surface area contributed by atoms with Crippen LogP contribution in [0.25, 0.3) is 0 Å². The first-order valence-corrected chi connectivity index (χ1v) is 9.92. The molecule has 3 rings (SSSR count). The van der Waals surface area contributed by atoms with E-state index in [-0.39, 0.29) is 17.9 Å². The molecule has 0 heterocycles. The smallest absolute Gasteiger partial charge is 0.253 e. The Kier molecular flexibility index (Phi) is 7.17. The summed E-state index contributed by atoms with van der Waals surface area (Å²) in [6.07, 6.45) is 2.02. The van der Waals surface area contributed by atoms with Gasteiger partial charge in [-0.1, -0.05) is 72.8 Å². The van der Waals surface area contributed by atoms with Gasteiger partial charge in [-0.2, -0.15) is 0 Å². The summed E-state index contributed by atoms with van der Waals surface area (Å²) in [5.74, 6) is -0.293. The minimum atomic E-state index is -0.207. The summed E-state index contributed by atoms with van der Waals surface area (Å²) >= 11 is 0. The fourth-order valence-corrected chi connectivity index (χ4v) is 3.20. The van der Waals surface area contributed by atoms with E-state index >= 15 is 0 Å². The maximum Gasteiger partial charge on any atom is 0.253 e. The van der Waals surface area contributed by atoms with Crippen LogP contribution in [0.4, 0.5) is 5.69 Å². The van der Waals surface area contributed by atoms with Crippen molar-refractivity contribution in [2.45, 2.75) is 32.2 Å². The Labute approximate surface area is 172 Å². The van der Waals surface area contributed by atoms with Gasteiger partial charge in [0.2, 0.25) is 5.91 Å². The van der Waals surface area contributed by atoms with Gasteiger partial charge in [-0.15, -0.1) is 0 Å². The molecule has 3 aromatic carbocycles. The number of nitrogens with one attached hydrogen (secondary N) is 2. The molecule has 0 aliphatic carbocycles. The lowest BCUT2D eigenvalue weighted by Gasteiger charge is -2.16. The molecule has 0 aliphatic heterocycles. The number of rotatable bonds is 8. The largest absolute Gasteiger partial charge is 0.345 e. The van der Waals surface area contributed by atoms with Gasteiger partial charge in [-0.3, -0.25) is 9.59 Å². The fourth-order valence-electron chi connectivity index (χ4n) is 3.20. The standard InChI is InChI=1S/C25H26N2O2/c1-19(21-14-6-3-7-15-21)26-25(29)22-16-8-9-17-23(22)27-24(28)18-10-13-20-11-4-2-5-12-20/h2-9,11-12,14-17,19H,10,13,18H2,1H3,(H,26,29)(H,27,28). The van der Waals surface area contributed by atoms with E-state index in [0.717, 1.165) is 18.4 Å². The molecular weight excluding hydrogens is 360 g/mol. The van der Waals surface area contributed by atoms with Crippen LogP contribution in [-0.2, 0) is 11.2 Å². The van der Waals surface area contributed by atoms with Crippen LogP contribution in [0.15, 0.2) is 84.9 Å². The van der Waals surface area contributed by atoms with Crippen LogP contribution in [-0.4, -0.2) is 11.8 Å². The molecule has 4 heteroatoms. The average Bonchev–Trinajstić information content (AvgIpc) is 2.75. The molecule has 2 amide bonds. The van der Waals surface area contributed by atoms with E-state index in [1.807, 2.05) is 61.5 Å². The summed E-state index contributed by atoms with van der Waals surface area (Å²) < 4.78 is 0. The molecule has 0 aromatic heterocycles. The highest BCUT2D eigenvalue weighted by Crippen LogP contribution is 2.18. The van der Waals surface area contributed by atoms with Crippen molar-refractivity contribution in [3.63, 3.8) is 0 Å². The second-order valence-electron chi connectivity index (χ2n) is 7.04. The Hall–Kier alpha value is -3.40. The van der Waals surface area contributed by atoms with Crippen molar-refractivity contribution in [2.24, 2.45) is 0 Å². The van der Waals surface area contributed by atoms with Crippen LogP contribution in [0.3, 0.4) is 0 Å². The third kappa shape index (κ3) is 6.04. The summed E-state index contributed by atoms with van der Waals surface area (Å²) in [6.45, 7) is 1.94. The van der Waals surface area contributed by atoms with Gasteiger partial charge in [0.25, 0.3) is 5.91 Å². The van der Waals surface area contributed by atoms with Gasteiger partial charge in [0.1, 0.15) is 0 Å². The van der Waals surface area contributed by atoms with Crippen molar-refractivity contribution in [3.05, 3.63) is 102 Å². The zero-order chi connectivity index (χ0) is 20.5. The maximum atomic E-state index is 12.8. The van der Waals surface area contributed by atoms with E-state index < -0.39 is 0 Å². The molecule has 0 saturated carbocycles. The maximum absolute atomic E-state index is 12.8. The molecule has 0 radical (unpaired) electrons. The molecule has 1 atom stereocenters. The summed E-state index contributed by atoms with van der Waals surface area (Å²) in [4.78, 5) is 25.1. The van der Waals surface area contributed by atoms with Crippen molar-refractivity contribution in [1.82, 2.24) is 5.32 Å². The Balaban J connectivity index is 1.57. The number of hydrogen-bond acceptors (Lipinski definition) is 2. The first-order chi connectivity index (χ1) is 14.1. The number of anilines is 1. The molecular formula is C25H26N2O2. The van der Waals surface area contributed by atoms with E-state index in [9.17, 15) is 9.59 Å². The normalized spacial score (nSPS) is 11.5. The van der Waals surface area contributed by atoms with Crippen molar-refractivity contribution >= 4 is 17.5 Å². The molecule has 0 bridgehead atoms.